The lowest BCUT2D eigenvalue weighted by Crippen LogP contribution is -2.16. The van der Waals surface area contributed by atoms with Crippen LogP contribution >= 0.6 is 11.6 Å². The highest BCUT2D eigenvalue weighted by atomic mass is 35.5. The number of non-ortho nitro benzene ring substituents is 1. The second-order valence-electron chi connectivity index (χ2n) is 6.93. The second-order valence-corrected chi connectivity index (χ2v) is 7.36. The number of hydrazone groups is 1. The van der Waals surface area contributed by atoms with E-state index in [2.05, 4.69) is 15.1 Å². The number of furan rings is 1. The average molecular weight is 437 g/mol. The first-order chi connectivity index (χ1) is 14.8. The Morgan fingerprint density at radius 3 is 2.61 bits per heavy atom. The molecule has 156 valence electrons. The van der Waals surface area contributed by atoms with E-state index in [0.717, 1.165) is 22.6 Å². The Bertz CT molecular complexity index is 1340. The van der Waals surface area contributed by atoms with E-state index in [1.165, 1.54) is 24.3 Å². The maximum atomic E-state index is 12.4. The number of carbonyl (C=O) groups is 1. The van der Waals surface area contributed by atoms with E-state index in [0.29, 0.717) is 16.0 Å². The maximum absolute atomic E-state index is 12.4. The van der Waals surface area contributed by atoms with Crippen molar-refractivity contribution in [1.29, 1.82) is 0 Å². The third-order valence-corrected chi connectivity index (χ3v) is 5.11. The predicted molar refractivity (Wildman–Crippen MR) is 118 cm³/mol. The van der Waals surface area contributed by atoms with Gasteiger partial charge in [-0.2, -0.15) is 5.10 Å². The molecule has 31 heavy (non-hydrogen) atoms. The third-order valence-electron chi connectivity index (χ3n) is 4.86. The molecule has 0 aliphatic carbocycles. The highest BCUT2D eigenvalue weighted by Crippen LogP contribution is 2.24. The van der Waals surface area contributed by atoms with E-state index in [9.17, 15) is 14.9 Å². The molecule has 0 spiro atoms. The van der Waals surface area contributed by atoms with Gasteiger partial charge in [-0.1, -0.05) is 11.6 Å². The summed E-state index contributed by atoms with van der Waals surface area (Å²) in [5, 5.41) is 16.0. The Kier molecular flexibility index (Phi) is 5.31. The topological polar surface area (TPSA) is 103 Å². The number of aryl methyl sites for hydroxylation is 1. The number of hydrogen-bond donors (Lipinski definition) is 1. The van der Waals surface area contributed by atoms with Crippen molar-refractivity contribution < 1.29 is 14.1 Å². The number of fused-ring (bicyclic) bond motifs is 1. The standard InChI is InChI=1S/C22H17ClN4O4/c1-13-9-16(14(2)26(13)18-5-3-17(23)4-6-18)12-24-25-22(28)21-11-15-10-19(27(29)30)7-8-20(15)31-21/h3-12H,1-2H3,(H,25,28)/b24-12+. The van der Waals surface area contributed by atoms with Gasteiger partial charge in [0.1, 0.15) is 5.58 Å². The minimum absolute atomic E-state index is 0.0132. The molecule has 1 N–H and O–H groups in total. The van der Waals surface area contributed by atoms with E-state index < -0.39 is 10.8 Å². The van der Waals surface area contributed by atoms with Gasteiger partial charge in [0.25, 0.3) is 5.69 Å². The van der Waals surface area contributed by atoms with Gasteiger partial charge in [-0.25, -0.2) is 5.43 Å². The van der Waals surface area contributed by atoms with Crippen LogP contribution < -0.4 is 5.43 Å². The first kappa shape index (κ1) is 20.4. The maximum Gasteiger partial charge on any atom is 0.307 e. The molecule has 0 unspecified atom stereocenters. The van der Waals surface area contributed by atoms with Crippen LogP contribution in [-0.4, -0.2) is 21.6 Å². The number of carbonyl (C=O) groups excluding carboxylic acids is 1. The normalized spacial score (nSPS) is 11.3. The van der Waals surface area contributed by atoms with Gasteiger partial charge in [-0.05, 0) is 56.3 Å². The number of amides is 1. The molecule has 4 aromatic rings. The van der Waals surface area contributed by atoms with Gasteiger partial charge < -0.3 is 8.98 Å². The molecule has 0 aliphatic rings. The van der Waals surface area contributed by atoms with Crippen molar-refractivity contribution in [3.8, 4) is 5.69 Å². The number of nitro benzene ring substituents is 1. The van der Waals surface area contributed by atoms with Gasteiger partial charge in [-0.15, -0.1) is 0 Å². The molecule has 4 rings (SSSR count). The van der Waals surface area contributed by atoms with Gasteiger partial charge in [0.05, 0.1) is 11.1 Å². The largest absolute Gasteiger partial charge is 0.451 e. The molecule has 2 aromatic heterocycles. The Morgan fingerprint density at radius 1 is 1.16 bits per heavy atom. The van der Waals surface area contributed by atoms with Crippen molar-refractivity contribution in [2.75, 3.05) is 0 Å². The Hall–Kier alpha value is -3.91. The Balaban J connectivity index is 1.51. The minimum Gasteiger partial charge on any atom is -0.451 e. The number of aromatic nitrogens is 1. The van der Waals surface area contributed by atoms with Gasteiger partial charge >= 0.3 is 5.91 Å². The summed E-state index contributed by atoms with van der Waals surface area (Å²) in [5.41, 5.74) is 6.50. The van der Waals surface area contributed by atoms with Crippen molar-refractivity contribution in [3.63, 3.8) is 0 Å². The molecule has 0 radical (unpaired) electrons. The lowest BCUT2D eigenvalue weighted by atomic mass is 10.2. The first-order valence-electron chi connectivity index (χ1n) is 9.30. The number of benzene rings is 2. The molecule has 9 heteroatoms. The molecule has 2 aromatic carbocycles. The average Bonchev–Trinajstić information content (AvgIpc) is 3.29. The van der Waals surface area contributed by atoms with Crippen molar-refractivity contribution in [3.05, 3.63) is 92.4 Å². The van der Waals surface area contributed by atoms with Crippen molar-refractivity contribution in [2.45, 2.75) is 13.8 Å². The van der Waals surface area contributed by atoms with Crippen LogP contribution in [0.5, 0.6) is 0 Å². The van der Waals surface area contributed by atoms with E-state index >= 15 is 0 Å². The van der Waals surface area contributed by atoms with Crippen LogP contribution in [0.15, 0.2) is 64.1 Å². The third kappa shape index (κ3) is 4.06. The number of halogens is 1. The Morgan fingerprint density at radius 2 is 1.90 bits per heavy atom. The molecular weight excluding hydrogens is 420 g/mol. The summed E-state index contributed by atoms with van der Waals surface area (Å²) in [5.74, 6) is -0.541. The quantitative estimate of drug-likeness (QED) is 0.265. The Labute approximate surface area is 181 Å². The second kappa shape index (κ2) is 8.08. The van der Waals surface area contributed by atoms with Crippen LogP contribution in [-0.2, 0) is 0 Å². The zero-order chi connectivity index (χ0) is 22.1. The molecule has 8 nitrogen and oxygen atoms in total. The van der Waals surface area contributed by atoms with Crippen molar-refractivity contribution >= 4 is 40.4 Å². The molecular formula is C22H17ClN4O4. The fraction of sp³-hybridized carbons (Fsp3) is 0.0909. The van der Waals surface area contributed by atoms with Crippen molar-refractivity contribution in [1.82, 2.24) is 9.99 Å². The van der Waals surface area contributed by atoms with Gasteiger partial charge in [0.15, 0.2) is 5.76 Å². The highest BCUT2D eigenvalue weighted by molar-refractivity contribution is 6.30. The molecule has 1 amide bonds. The van der Waals surface area contributed by atoms with Gasteiger partial charge in [-0.3, -0.25) is 14.9 Å². The number of hydrogen-bond acceptors (Lipinski definition) is 5. The molecule has 0 aliphatic heterocycles. The summed E-state index contributed by atoms with van der Waals surface area (Å²) in [6.07, 6.45) is 1.56. The van der Waals surface area contributed by atoms with E-state index in [4.69, 9.17) is 16.0 Å². The smallest absolute Gasteiger partial charge is 0.307 e. The van der Waals surface area contributed by atoms with Crippen LogP contribution in [0.4, 0.5) is 5.69 Å². The fourth-order valence-electron chi connectivity index (χ4n) is 3.38. The number of nitrogens with one attached hydrogen (secondary N) is 1. The van der Waals surface area contributed by atoms with Gasteiger partial charge in [0.2, 0.25) is 0 Å². The highest BCUT2D eigenvalue weighted by Gasteiger charge is 2.15. The molecule has 0 fully saturated rings. The summed E-state index contributed by atoms with van der Waals surface area (Å²) in [7, 11) is 0. The molecule has 0 bridgehead atoms. The zero-order valence-corrected chi connectivity index (χ0v) is 17.4. The predicted octanol–water partition coefficient (Wildman–Crippen LogP) is 5.17. The van der Waals surface area contributed by atoms with Crippen molar-refractivity contribution in [2.24, 2.45) is 5.10 Å². The summed E-state index contributed by atoms with van der Waals surface area (Å²) in [6.45, 7) is 3.93. The first-order valence-corrected chi connectivity index (χ1v) is 9.67. The van der Waals surface area contributed by atoms with Crippen LogP contribution in [0, 0.1) is 24.0 Å². The summed E-state index contributed by atoms with van der Waals surface area (Å²) in [4.78, 5) is 22.7. The summed E-state index contributed by atoms with van der Waals surface area (Å²) in [6, 6.07) is 15.0. The molecule has 0 saturated carbocycles. The minimum atomic E-state index is -0.554. The van der Waals surface area contributed by atoms with E-state index in [-0.39, 0.29) is 11.4 Å². The van der Waals surface area contributed by atoms with E-state index in [1.807, 2.05) is 44.2 Å². The number of rotatable bonds is 5. The molecule has 0 atom stereocenters. The van der Waals surface area contributed by atoms with Crippen LogP contribution in [0.3, 0.4) is 0 Å². The van der Waals surface area contributed by atoms with Crippen LogP contribution in [0.2, 0.25) is 5.02 Å². The lowest BCUT2D eigenvalue weighted by molar-refractivity contribution is -0.384. The fourth-order valence-corrected chi connectivity index (χ4v) is 3.50. The summed E-state index contributed by atoms with van der Waals surface area (Å²) >= 11 is 5.97. The molecule has 2 heterocycles. The monoisotopic (exact) mass is 436 g/mol. The number of nitrogens with zero attached hydrogens (tertiary/aromatic N) is 3. The van der Waals surface area contributed by atoms with Crippen LogP contribution in [0.25, 0.3) is 16.7 Å². The zero-order valence-electron chi connectivity index (χ0n) is 16.6. The van der Waals surface area contributed by atoms with Gasteiger partial charge in [0, 0.05) is 45.2 Å². The molecule has 0 saturated heterocycles. The summed E-state index contributed by atoms with van der Waals surface area (Å²) < 4.78 is 7.52. The van der Waals surface area contributed by atoms with E-state index in [1.54, 1.807) is 6.21 Å². The number of nitro groups is 1. The lowest BCUT2D eigenvalue weighted by Gasteiger charge is -2.09. The SMILES string of the molecule is Cc1cc(/C=N/NC(=O)c2cc3cc([N+](=O)[O-])ccc3o2)c(C)n1-c1ccc(Cl)cc1. The van der Waals surface area contributed by atoms with Crippen LogP contribution in [0.1, 0.15) is 27.5 Å².